The zero-order valence-corrected chi connectivity index (χ0v) is 58.2. The van der Waals surface area contributed by atoms with Crippen LogP contribution < -0.4 is 5.32 Å². The van der Waals surface area contributed by atoms with E-state index in [-0.39, 0.29) is 37.9 Å². The Morgan fingerprint density at radius 3 is 1.13 bits per heavy atom. The van der Waals surface area contributed by atoms with Gasteiger partial charge in [0.1, 0.15) is 19.3 Å². The number of hydrogen-bond donors (Lipinski definition) is 2. The Labute approximate surface area is 533 Å². The van der Waals surface area contributed by atoms with Crippen molar-refractivity contribution in [3.8, 4) is 0 Å². The fourth-order valence-electron chi connectivity index (χ4n) is 10.5. The standard InChI is InChI=1S/C76H139N2O7P/c1-7-10-13-16-19-22-25-28-30-32-34-36-37-38-39-40-41-43-45-47-49-51-54-57-60-63-66-69-76(80)85-74(67-64-61-58-55-52-27-24-21-18-15-12-9-3)73(72-84-86(81,82)83-71-70-78(4,5)6)77-75(79)68-65-62-59-56-53-50-48-46-44-42-35-33-31-29-26-23-20-17-14-11-8-2/h11,14,20,23,29,31,35,42,46,48,53,56,64,67,73-74H,7-10,12-13,15-19,21-22,24-28,30,32-34,36-41,43-45,47,49-52,54-55,57-63,65-66,68-72H2,1-6H3,(H-,77,79,81,82)/p+1/b14-11-,23-20-,31-29-,42-35-,48-46-,56-53-,67-64-. The number of quaternary nitrogens is 1. The summed E-state index contributed by atoms with van der Waals surface area (Å²) in [6.07, 6.45) is 87.6. The molecule has 10 heteroatoms. The third-order valence-corrected chi connectivity index (χ3v) is 17.1. The van der Waals surface area contributed by atoms with Crippen LogP contribution in [0.1, 0.15) is 335 Å². The molecule has 0 radical (unpaired) electrons. The van der Waals surface area contributed by atoms with Crippen molar-refractivity contribution in [2.45, 2.75) is 348 Å². The summed E-state index contributed by atoms with van der Waals surface area (Å²) < 4.78 is 30.8. The number of amides is 1. The van der Waals surface area contributed by atoms with Gasteiger partial charge in [-0.15, -0.1) is 0 Å². The SMILES string of the molecule is CC/C=C\C/C=C\C/C=C\C/C=C\C/C=C\C/C=C\CCCCC(=O)NC(COP(=O)(O)OCC[N+](C)(C)C)C(/C=C\CCCCCCCCCCCC)OC(=O)CCCCCCCCCCCCCCCCCCCCCCCCCCCCC. The number of allylic oxidation sites excluding steroid dienone is 13. The quantitative estimate of drug-likeness (QED) is 0.0205. The molecule has 500 valence electrons. The number of carbonyl (C=O) groups excluding carboxylic acids is 2. The van der Waals surface area contributed by atoms with E-state index in [1.165, 1.54) is 205 Å². The maximum atomic E-state index is 13.6. The van der Waals surface area contributed by atoms with Gasteiger partial charge in [-0.1, -0.05) is 324 Å². The molecule has 0 aromatic carbocycles. The first-order valence-electron chi connectivity index (χ1n) is 36.4. The lowest BCUT2D eigenvalue weighted by molar-refractivity contribution is -0.870. The van der Waals surface area contributed by atoms with Crippen LogP contribution in [-0.4, -0.2) is 74.3 Å². The minimum atomic E-state index is -4.47. The smallest absolute Gasteiger partial charge is 0.456 e. The van der Waals surface area contributed by atoms with Crippen molar-refractivity contribution in [1.29, 1.82) is 0 Å². The van der Waals surface area contributed by atoms with Crippen LogP contribution >= 0.6 is 7.82 Å². The summed E-state index contributed by atoms with van der Waals surface area (Å²) >= 11 is 0. The van der Waals surface area contributed by atoms with Gasteiger partial charge in [0.15, 0.2) is 0 Å². The molecule has 0 aliphatic rings. The molecule has 2 N–H and O–H groups in total. The average Bonchev–Trinajstić information content (AvgIpc) is 3.66. The van der Waals surface area contributed by atoms with Gasteiger partial charge in [0.05, 0.1) is 33.8 Å². The zero-order valence-electron chi connectivity index (χ0n) is 57.3. The molecule has 0 rings (SSSR count). The molecule has 3 atom stereocenters. The first kappa shape index (κ1) is 83.2. The summed E-state index contributed by atoms with van der Waals surface area (Å²) in [5.41, 5.74) is 0. The van der Waals surface area contributed by atoms with E-state index in [1.54, 1.807) is 0 Å². The number of esters is 1. The first-order valence-corrected chi connectivity index (χ1v) is 37.9. The van der Waals surface area contributed by atoms with Gasteiger partial charge in [0, 0.05) is 12.8 Å². The molecule has 0 aromatic rings. The molecular formula is C76H140N2O7P+. The fraction of sp³-hybridized carbons (Fsp3) is 0.789. The van der Waals surface area contributed by atoms with Crippen LogP contribution in [0.2, 0.25) is 0 Å². The molecule has 1 amide bonds. The topological polar surface area (TPSA) is 111 Å². The van der Waals surface area contributed by atoms with Crippen molar-refractivity contribution in [3.63, 3.8) is 0 Å². The van der Waals surface area contributed by atoms with Crippen molar-refractivity contribution in [3.05, 3.63) is 85.1 Å². The minimum absolute atomic E-state index is 0.0297. The lowest BCUT2D eigenvalue weighted by Crippen LogP contribution is -2.47. The highest BCUT2D eigenvalue weighted by Gasteiger charge is 2.30. The molecule has 0 heterocycles. The third-order valence-electron chi connectivity index (χ3n) is 16.1. The van der Waals surface area contributed by atoms with Crippen molar-refractivity contribution >= 4 is 19.7 Å². The highest BCUT2D eigenvalue weighted by molar-refractivity contribution is 7.47. The Hall–Kier alpha value is -2.81. The summed E-state index contributed by atoms with van der Waals surface area (Å²) in [6.45, 7) is 6.90. The zero-order chi connectivity index (χ0) is 62.8. The van der Waals surface area contributed by atoms with Crippen molar-refractivity contribution in [1.82, 2.24) is 5.32 Å². The van der Waals surface area contributed by atoms with Gasteiger partial charge in [0.2, 0.25) is 5.91 Å². The van der Waals surface area contributed by atoms with Gasteiger partial charge in [-0.3, -0.25) is 18.6 Å². The number of unbranched alkanes of at least 4 members (excludes halogenated alkanes) is 38. The lowest BCUT2D eigenvalue weighted by atomic mass is 10.0. The van der Waals surface area contributed by atoms with E-state index in [0.29, 0.717) is 17.4 Å². The van der Waals surface area contributed by atoms with E-state index < -0.39 is 20.0 Å². The number of rotatable bonds is 66. The molecule has 0 aliphatic heterocycles. The van der Waals surface area contributed by atoms with Gasteiger partial charge in [0.25, 0.3) is 0 Å². The van der Waals surface area contributed by atoms with Crippen LogP contribution in [0.3, 0.4) is 0 Å². The van der Waals surface area contributed by atoms with Gasteiger partial charge >= 0.3 is 13.8 Å². The van der Waals surface area contributed by atoms with Gasteiger partial charge < -0.3 is 19.4 Å². The van der Waals surface area contributed by atoms with Crippen LogP contribution in [0.4, 0.5) is 0 Å². The van der Waals surface area contributed by atoms with E-state index in [1.807, 2.05) is 33.3 Å². The number of phosphoric ester groups is 1. The largest absolute Gasteiger partial charge is 0.472 e. The molecule has 0 saturated carbocycles. The van der Waals surface area contributed by atoms with Crippen molar-refractivity contribution in [2.24, 2.45) is 0 Å². The second-order valence-corrected chi connectivity index (χ2v) is 27.2. The molecule has 0 saturated heterocycles. The Balaban J connectivity index is 5.06. The van der Waals surface area contributed by atoms with E-state index in [4.69, 9.17) is 13.8 Å². The minimum Gasteiger partial charge on any atom is -0.456 e. The van der Waals surface area contributed by atoms with Gasteiger partial charge in [-0.25, -0.2) is 4.57 Å². The summed E-state index contributed by atoms with van der Waals surface area (Å²) in [6, 6.07) is -0.875. The van der Waals surface area contributed by atoms with E-state index >= 15 is 0 Å². The van der Waals surface area contributed by atoms with E-state index in [9.17, 15) is 19.0 Å². The number of nitrogens with one attached hydrogen (secondary N) is 1. The molecule has 0 bridgehead atoms. The summed E-state index contributed by atoms with van der Waals surface area (Å²) in [5.74, 6) is -0.546. The Morgan fingerprint density at radius 1 is 0.419 bits per heavy atom. The number of hydrogen-bond acceptors (Lipinski definition) is 6. The molecule has 0 aromatic heterocycles. The number of likely N-dealkylation sites (N-methyl/N-ethyl adjacent to an activating group) is 1. The van der Waals surface area contributed by atoms with Crippen LogP contribution in [0.25, 0.3) is 0 Å². The Morgan fingerprint density at radius 2 is 0.744 bits per heavy atom. The van der Waals surface area contributed by atoms with Crippen molar-refractivity contribution in [2.75, 3.05) is 40.9 Å². The first-order chi connectivity index (χ1) is 41.9. The Kier molecular flexibility index (Phi) is 63.0. The monoisotopic (exact) mass is 1220 g/mol. The highest BCUT2D eigenvalue weighted by Crippen LogP contribution is 2.43. The molecule has 0 spiro atoms. The maximum absolute atomic E-state index is 13.6. The van der Waals surface area contributed by atoms with Crippen LogP contribution in [-0.2, 0) is 27.9 Å². The maximum Gasteiger partial charge on any atom is 0.472 e. The lowest BCUT2D eigenvalue weighted by Gasteiger charge is -2.27. The second kappa shape index (κ2) is 65.2. The third kappa shape index (κ3) is 65.6. The summed E-state index contributed by atoms with van der Waals surface area (Å²) in [4.78, 5) is 37.9. The van der Waals surface area contributed by atoms with E-state index in [2.05, 4.69) is 99.0 Å². The fourth-order valence-corrected chi connectivity index (χ4v) is 11.3. The molecule has 0 aliphatic carbocycles. The molecule has 9 nitrogen and oxygen atoms in total. The number of nitrogens with zero attached hydrogens (tertiary/aromatic N) is 1. The van der Waals surface area contributed by atoms with Crippen LogP contribution in [0.5, 0.6) is 0 Å². The molecule has 0 fully saturated rings. The predicted molar refractivity (Wildman–Crippen MR) is 374 cm³/mol. The molecule has 86 heavy (non-hydrogen) atoms. The van der Waals surface area contributed by atoms with Crippen LogP contribution in [0, 0.1) is 0 Å². The van der Waals surface area contributed by atoms with Gasteiger partial charge in [-0.2, -0.15) is 0 Å². The van der Waals surface area contributed by atoms with Crippen LogP contribution in [0.15, 0.2) is 85.1 Å². The van der Waals surface area contributed by atoms with E-state index in [0.717, 1.165) is 89.9 Å². The number of carbonyl (C=O) groups is 2. The average molecular weight is 1220 g/mol. The highest BCUT2D eigenvalue weighted by atomic mass is 31.2. The second-order valence-electron chi connectivity index (χ2n) is 25.7. The Bertz CT molecular complexity index is 1750. The molecule has 3 unspecified atom stereocenters. The van der Waals surface area contributed by atoms with Gasteiger partial charge in [-0.05, 0) is 83.1 Å². The number of ether oxygens (including phenoxy) is 1. The summed E-state index contributed by atoms with van der Waals surface area (Å²) in [7, 11) is 1.47. The molecular weight excluding hydrogens is 1080 g/mol. The normalized spacial score (nSPS) is 14.0. The predicted octanol–water partition coefficient (Wildman–Crippen LogP) is 23.3. The van der Waals surface area contributed by atoms with Crippen molar-refractivity contribution < 1.29 is 37.3 Å². The number of phosphoric acid groups is 1. The summed E-state index contributed by atoms with van der Waals surface area (Å²) in [5, 5.41) is 3.04.